The van der Waals surface area contributed by atoms with Crippen molar-refractivity contribution in [3.8, 4) is 0 Å². The van der Waals surface area contributed by atoms with Crippen LogP contribution in [-0.4, -0.2) is 18.4 Å². The highest BCUT2D eigenvalue weighted by atomic mass is 32.1. The van der Waals surface area contributed by atoms with Gasteiger partial charge in [-0.1, -0.05) is 43.9 Å². The van der Waals surface area contributed by atoms with Crippen molar-refractivity contribution in [2.45, 2.75) is 56.8 Å². The predicted octanol–water partition coefficient (Wildman–Crippen LogP) is 5.12. The first kappa shape index (κ1) is 19.2. The van der Waals surface area contributed by atoms with Gasteiger partial charge in [-0.25, -0.2) is 0 Å². The van der Waals surface area contributed by atoms with Gasteiger partial charge in [0.15, 0.2) is 0 Å². The van der Waals surface area contributed by atoms with Gasteiger partial charge in [-0.2, -0.15) is 0 Å². The van der Waals surface area contributed by atoms with Gasteiger partial charge in [-0.05, 0) is 60.7 Å². The summed E-state index contributed by atoms with van der Waals surface area (Å²) in [5.41, 5.74) is 1.44. The van der Waals surface area contributed by atoms with Crippen LogP contribution in [0.5, 0.6) is 0 Å². The smallest absolute Gasteiger partial charge is 0.265 e. The molecule has 2 saturated carbocycles. The summed E-state index contributed by atoms with van der Waals surface area (Å²) in [4.78, 5) is 25.9. The minimum absolute atomic E-state index is 0.0914. The first-order valence-corrected chi connectivity index (χ1v) is 11.3. The van der Waals surface area contributed by atoms with E-state index in [1.807, 2.05) is 41.8 Å². The molecule has 28 heavy (non-hydrogen) atoms. The monoisotopic (exact) mass is 396 g/mol. The number of thiophene rings is 1. The topological polar surface area (TPSA) is 58.2 Å². The molecule has 1 aromatic heterocycles. The normalized spacial score (nSPS) is 18.9. The van der Waals surface area contributed by atoms with Gasteiger partial charge in [0.1, 0.15) is 0 Å². The number of hydrogen-bond acceptors (Lipinski definition) is 3. The Labute approximate surface area is 170 Å². The quantitative estimate of drug-likeness (QED) is 0.712. The highest BCUT2D eigenvalue weighted by Crippen LogP contribution is 2.44. The minimum atomic E-state index is -0.384. The van der Waals surface area contributed by atoms with Crippen molar-refractivity contribution in [3.63, 3.8) is 0 Å². The number of rotatable bonds is 6. The average molecular weight is 397 g/mol. The highest BCUT2D eigenvalue weighted by Gasteiger charge is 2.45. The van der Waals surface area contributed by atoms with Crippen LogP contribution in [0, 0.1) is 5.92 Å². The molecule has 148 valence electrons. The van der Waals surface area contributed by atoms with Crippen LogP contribution in [0.2, 0.25) is 0 Å². The lowest BCUT2D eigenvalue weighted by Gasteiger charge is -2.41. The third-order valence-electron chi connectivity index (χ3n) is 6.36. The number of amides is 2. The molecule has 2 amide bonds. The standard InChI is InChI=1S/C23H28N2O2S/c26-21(20-8-4-15-28-20)25-19-11-9-18(10-12-19)23(13-5-14-23)22(27)24-16-17-6-2-1-3-7-17/h4,8-12,15,17H,1-3,5-7,13-14,16H2,(H,24,27)(H,25,26). The number of carbonyl (C=O) groups is 2. The first-order valence-electron chi connectivity index (χ1n) is 10.4. The molecule has 0 unspecified atom stereocenters. The van der Waals surface area contributed by atoms with Gasteiger partial charge < -0.3 is 10.6 Å². The molecule has 2 aliphatic rings. The summed E-state index contributed by atoms with van der Waals surface area (Å²) in [6.07, 6.45) is 9.32. The largest absolute Gasteiger partial charge is 0.355 e. The minimum Gasteiger partial charge on any atom is -0.355 e. The molecule has 2 N–H and O–H groups in total. The number of carbonyl (C=O) groups excluding carboxylic acids is 2. The second kappa shape index (κ2) is 8.48. The highest BCUT2D eigenvalue weighted by molar-refractivity contribution is 7.12. The molecular formula is C23H28N2O2S. The molecule has 4 nitrogen and oxygen atoms in total. The maximum Gasteiger partial charge on any atom is 0.265 e. The van der Waals surface area contributed by atoms with Crippen LogP contribution in [0.1, 0.15) is 66.6 Å². The van der Waals surface area contributed by atoms with Crippen LogP contribution in [0.15, 0.2) is 41.8 Å². The molecule has 5 heteroatoms. The van der Waals surface area contributed by atoms with Crippen LogP contribution >= 0.6 is 11.3 Å². The Bertz CT molecular complexity index is 804. The Hall–Kier alpha value is -2.14. The van der Waals surface area contributed by atoms with E-state index in [0.29, 0.717) is 10.8 Å². The Morgan fingerprint density at radius 3 is 2.36 bits per heavy atom. The predicted molar refractivity (Wildman–Crippen MR) is 114 cm³/mol. The van der Waals surface area contributed by atoms with E-state index in [-0.39, 0.29) is 17.2 Å². The summed E-state index contributed by atoms with van der Waals surface area (Å²) in [5, 5.41) is 8.07. The van der Waals surface area contributed by atoms with Crippen molar-refractivity contribution in [3.05, 3.63) is 52.2 Å². The second-order valence-electron chi connectivity index (χ2n) is 8.16. The molecule has 1 heterocycles. The fourth-order valence-corrected chi connectivity index (χ4v) is 5.07. The van der Waals surface area contributed by atoms with E-state index >= 15 is 0 Å². The number of benzene rings is 1. The van der Waals surface area contributed by atoms with E-state index in [4.69, 9.17) is 0 Å². The van der Waals surface area contributed by atoms with E-state index in [2.05, 4.69) is 10.6 Å². The summed E-state index contributed by atoms with van der Waals surface area (Å²) in [5.74, 6) is 0.732. The molecule has 0 saturated heterocycles. The summed E-state index contributed by atoms with van der Waals surface area (Å²) >= 11 is 1.43. The molecule has 2 aliphatic carbocycles. The van der Waals surface area contributed by atoms with Crippen LogP contribution < -0.4 is 10.6 Å². The SMILES string of the molecule is O=C(Nc1ccc(C2(C(=O)NCC3CCCCC3)CCC2)cc1)c1cccs1. The van der Waals surface area contributed by atoms with E-state index in [0.717, 1.165) is 37.1 Å². The van der Waals surface area contributed by atoms with Crippen molar-refractivity contribution in [2.24, 2.45) is 5.92 Å². The lowest BCUT2D eigenvalue weighted by molar-refractivity contribution is -0.130. The summed E-state index contributed by atoms with van der Waals surface area (Å²) in [6.45, 7) is 0.815. The Morgan fingerprint density at radius 2 is 1.75 bits per heavy atom. The third kappa shape index (κ3) is 4.00. The molecule has 0 atom stereocenters. The van der Waals surface area contributed by atoms with Crippen molar-refractivity contribution >= 4 is 28.8 Å². The molecule has 2 fully saturated rings. The zero-order valence-electron chi connectivity index (χ0n) is 16.2. The molecule has 0 aliphatic heterocycles. The molecular weight excluding hydrogens is 368 g/mol. The van der Waals surface area contributed by atoms with E-state index in [9.17, 15) is 9.59 Å². The molecule has 1 aromatic carbocycles. The summed E-state index contributed by atoms with van der Waals surface area (Å²) < 4.78 is 0. The van der Waals surface area contributed by atoms with E-state index in [1.54, 1.807) is 0 Å². The van der Waals surface area contributed by atoms with E-state index in [1.165, 1.54) is 43.4 Å². The van der Waals surface area contributed by atoms with Crippen molar-refractivity contribution in [1.82, 2.24) is 5.32 Å². The van der Waals surface area contributed by atoms with Gasteiger partial charge in [0.05, 0.1) is 10.3 Å². The fraction of sp³-hybridized carbons (Fsp3) is 0.478. The van der Waals surface area contributed by atoms with Gasteiger partial charge >= 0.3 is 0 Å². The van der Waals surface area contributed by atoms with Crippen LogP contribution in [-0.2, 0) is 10.2 Å². The van der Waals surface area contributed by atoms with Gasteiger partial charge in [0, 0.05) is 12.2 Å². The van der Waals surface area contributed by atoms with Crippen LogP contribution in [0.25, 0.3) is 0 Å². The number of hydrogen-bond donors (Lipinski definition) is 2. The van der Waals surface area contributed by atoms with Crippen molar-refractivity contribution < 1.29 is 9.59 Å². The van der Waals surface area contributed by atoms with Crippen molar-refractivity contribution in [2.75, 3.05) is 11.9 Å². The second-order valence-corrected chi connectivity index (χ2v) is 9.11. The number of nitrogens with one attached hydrogen (secondary N) is 2. The maximum absolute atomic E-state index is 13.0. The van der Waals surface area contributed by atoms with Crippen molar-refractivity contribution in [1.29, 1.82) is 0 Å². The fourth-order valence-electron chi connectivity index (χ4n) is 4.45. The summed E-state index contributed by atoms with van der Waals surface area (Å²) in [7, 11) is 0. The van der Waals surface area contributed by atoms with Gasteiger partial charge in [-0.15, -0.1) is 11.3 Å². The van der Waals surface area contributed by atoms with Gasteiger partial charge in [-0.3, -0.25) is 9.59 Å². The molecule has 0 radical (unpaired) electrons. The third-order valence-corrected chi connectivity index (χ3v) is 7.23. The Balaban J connectivity index is 1.39. The lowest BCUT2D eigenvalue weighted by Crippen LogP contribution is -2.50. The van der Waals surface area contributed by atoms with E-state index < -0.39 is 0 Å². The molecule has 0 bridgehead atoms. The summed E-state index contributed by atoms with van der Waals surface area (Å²) in [6, 6.07) is 11.5. The zero-order chi connectivity index (χ0) is 19.4. The molecule has 0 spiro atoms. The van der Waals surface area contributed by atoms with Gasteiger partial charge in [0.2, 0.25) is 5.91 Å². The molecule has 2 aromatic rings. The Morgan fingerprint density at radius 1 is 1.00 bits per heavy atom. The number of anilines is 1. The zero-order valence-corrected chi connectivity index (χ0v) is 17.0. The average Bonchev–Trinajstić information content (AvgIpc) is 3.23. The van der Waals surface area contributed by atoms with Gasteiger partial charge in [0.25, 0.3) is 5.91 Å². The maximum atomic E-state index is 13.0. The lowest BCUT2D eigenvalue weighted by atomic mass is 9.63. The first-order chi connectivity index (χ1) is 13.7. The Kier molecular flexibility index (Phi) is 5.81. The molecule has 4 rings (SSSR count). The van der Waals surface area contributed by atoms with Crippen LogP contribution in [0.4, 0.5) is 5.69 Å². The van der Waals surface area contributed by atoms with Crippen LogP contribution in [0.3, 0.4) is 0 Å².